The van der Waals surface area contributed by atoms with E-state index < -0.39 is 28.7 Å². The van der Waals surface area contributed by atoms with Crippen molar-refractivity contribution in [3.05, 3.63) is 29.3 Å². The summed E-state index contributed by atoms with van der Waals surface area (Å²) in [6.07, 6.45) is -4.54. The molecule has 0 saturated heterocycles. The summed E-state index contributed by atoms with van der Waals surface area (Å²) in [5.74, 6) is -0.0506. The maximum atomic E-state index is 13.5. The number of nitrogens with one attached hydrogen (secondary N) is 2. The van der Waals surface area contributed by atoms with Gasteiger partial charge in [0.05, 0.1) is 17.5 Å². The molecule has 10 heteroatoms. The molecule has 1 rings (SSSR count). The standard InChI is InChI=1S/C20H31F3N4O2.HI/c1-7-25-17(27-12-19(5,6)16(24)28)26-11-13-8-9-14(29-18(2,3)4)10-15(13)20(21,22)23;/h8-10H,7,11-12H2,1-6H3,(H2,24,28)(H2,25,26,27);1H. The highest BCUT2D eigenvalue weighted by atomic mass is 127. The number of primary amides is 1. The third-order valence-electron chi connectivity index (χ3n) is 3.93. The zero-order chi connectivity index (χ0) is 22.5. The Morgan fingerprint density at radius 2 is 1.73 bits per heavy atom. The number of amides is 1. The molecular weight excluding hydrogens is 512 g/mol. The van der Waals surface area contributed by atoms with E-state index in [9.17, 15) is 18.0 Å². The first-order valence-corrected chi connectivity index (χ1v) is 9.37. The molecule has 0 atom stereocenters. The van der Waals surface area contributed by atoms with Crippen LogP contribution in [0.1, 0.15) is 52.7 Å². The number of ether oxygens (including phenoxy) is 1. The average Bonchev–Trinajstić information content (AvgIpc) is 2.55. The van der Waals surface area contributed by atoms with E-state index in [0.717, 1.165) is 6.07 Å². The molecule has 172 valence electrons. The molecule has 1 aromatic carbocycles. The smallest absolute Gasteiger partial charge is 0.416 e. The molecule has 0 aliphatic heterocycles. The Morgan fingerprint density at radius 3 is 2.20 bits per heavy atom. The van der Waals surface area contributed by atoms with E-state index in [1.54, 1.807) is 34.6 Å². The summed E-state index contributed by atoms with van der Waals surface area (Å²) < 4.78 is 46.2. The number of carbonyl (C=O) groups is 1. The van der Waals surface area contributed by atoms with Gasteiger partial charge in [-0.25, -0.2) is 4.99 Å². The molecule has 30 heavy (non-hydrogen) atoms. The lowest BCUT2D eigenvalue weighted by Crippen LogP contribution is -2.46. The molecule has 6 nitrogen and oxygen atoms in total. The van der Waals surface area contributed by atoms with Crippen LogP contribution in [0.5, 0.6) is 5.75 Å². The molecule has 0 unspecified atom stereocenters. The zero-order valence-corrected chi connectivity index (χ0v) is 20.6. The first-order valence-electron chi connectivity index (χ1n) is 9.37. The van der Waals surface area contributed by atoms with Gasteiger partial charge in [0.1, 0.15) is 11.4 Å². The third-order valence-corrected chi connectivity index (χ3v) is 3.93. The Balaban J connectivity index is 0.00000841. The molecule has 0 aliphatic carbocycles. The van der Waals surface area contributed by atoms with Gasteiger partial charge in [0.2, 0.25) is 5.91 Å². The zero-order valence-electron chi connectivity index (χ0n) is 18.2. The van der Waals surface area contributed by atoms with Gasteiger partial charge in [-0.2, -0.15) is 13.2 Å². The Kier molecular flexibility index (Phi) is 10.4. The van der Waals surface area contributed by atoms with Crippen molar-refractivity contribution in [3.8, 4) is 5.75 Å². The Bertz CT molecular complexity index is 745. The van der Waals surface area contributed by atoms with E-state index in [-0.39, 0.29) is 48.4 Å². The molecule has 0 aromatic heterocycles. The van der Waals surface area contributed by atoms with Gasteiger partial charge in [-0.3, -0.25) is 4.79 Å². The number of nitrogens with zero attached hydrogens (tertiary/aromatic N) is 1. The quantitative estimate of drug-likeness (QED) is 0.275. The van der Waals surface area contributed by atoms with Gasteiger partial charge >= 0.3 is 6.18 Å². The fraction of sp³-hybridized carbons (Fsp3) is 0.600. The first-order chi connectivity index (χ1) is 13.2. The second kappa shape index (κ2) is 11.1. The lowest BCUT2D eigenvalue weighted by Gasteiger charge is -2.23. The van der Waals surface area contributed by atoms with Crippen LogP contribution < -0.4 is 21.1 Å². The summed E-state index contributed by atoms with van der Waals surface area (Å²) in [5.41, 5.74) is 3.12. The van der Waals surface area contributed by atoms with E-state index in [1.807, 2.05) is 6.92 Å². The maximum Gasteiger partial charge on any atom is 0.416 e. The van der Waals surface area contributed by atoms with Crippen LogP contribution in [0, 0.1) is 5.41 Å². The number of guanidine groups is 1. The average molecular weight is 544 g/mol. The number of alkyl halides is 3. The number of aliphatic imine (C=N–C) groups is 1. The summed E-state index contributed by atoms with van der Waals surface area (Å²) in [4.78, 5) is 15.7. The van der Waals surface area contributed by atoms with Gasteiger partial charge in [-0.05, 0) is 59.2 Å². The van der Waals surface area contributed by atoms with Crippen molar-refractivity contribution < 1.29 is 22.7 Å². The van der Waals surface area contributed by atoms with Gasteiger partial charge in [0, 0.05) is 13.1 Å². The molecule has 1 amide bonds. The molecule has 0 bridgehead atoms. The third kappa shape index (κ3) is 9.40. The summed E-state index contributed by atoms with van der Waals surface area (Å²) in [5, 5.41) is 5.89. The molecule has 0 aliphatic rings. The normalized spacial score (nSPS) is 12.8. The van der Waals surface area contributed by atoms with E-state index in [1.165, 1.54) is 12.1 Å². The van der Waals surface area contributed by atoms with Crippen molar-refractivity contribution in [2.45, 2.75) is 59.9 Å². The molecule has 0 saturated carbocycles. The van der Waals surface area contributed by atoms with Crippen LogP contribution in [0.2, 0.25) is 0 Å². The topological polar surface area (TPSA) is 88.7 Å². The van der Waals surface area contributed by atoms with Crippen LogP contribution in [0.3, 0.4) is 0 Å². The van der Waals surface area contributed by atoms with Crippen molar-refractivity contribution in [2.24, 2.45) is 16.1 Å². The fourth-order valence-electron chi connectivity index (χ4n) is 2.27. The van der Waals surface area contributed by atoms with Crippen molar-refractivity contribution >= 4 is 35.8 Å². The molecule has 0 fully saturated rings. The molecular formula is C20H32F3IN4O2. The van der Waals surface area contributed by atoms with Gasteiger partial charge < -0.3 is 21.1 Å². The van der Waals surface area contributed by atoms with Crippen molar-refractivity contribution in [3.63, 3.8) is 0 Å². The minimum atomic E-state index is -4.54. The Morgan fingerprint density at radius 1 is 1.13 bits per heavy atom. The molecule has 0 radical (unpaired) electrons. The van der Waals surface area contributed by atoms with Crippen LogP contribution in [-0.2, 0) is 17.5 Å². The summed E-state index contributed by atoms with van der Waals surface area (Å²) in [6.45, 7) is 11.0. The van der Waals surface area contributed by atoms with Gasteiger partial charge in [0.15, 0.2) is 5.96 Å². The second-order valence-electron chi connectivity index (χ2n) is 8.33. The van der Waals surface area contributed by atoms with E-state index in [2.05, 4.69) is 15.6 Å². The number of carbonyl (C=O) groups excluding carboxylic acids is 1. The number of hydrogen-bond acceptors (Lipinski definition) is 3. The minimum absolute atomic E-state index is 0. The Hall–Kier alpha value is -1.72. The van der Waals surface area contributed by atoms with Crippen molar-refractivity contribution in [1.29, 1.82) is 0 Å². The largest absolute Gasteiger partial charge is 0.488 e. The number of nitrogens with two attached hydrogens (primary N) is 1. The van der Waals surface area contributed by atoms with Crippen LogP contribution in [-0.4, -0.2) is 30.6 Å². The molecule has 0 spiro atoms. The SMILES string of the molecule is CCNC(=NCc1ccc(OC(C)(C)C)cc1C(F)(F)F)NCC(C)(C)C(N)=O.I. The van der Waals surface area contributed by atoms with Gasteiger partial charge in [-0.15, -0.1) is 24.0 Å². The molecule has 4 N–H and O–H groups in total. The number of benzene rings is 1. The summed E-state index contributed by atoms with van der Waals surface area (Å²) in [6, 6.07) is 3.86. The van der Waals surface area contributed by atoms with Gasteiger partial charge in [0.25, 0.3) is 0 Å². The first kappa shape index (κ1) is 28.3. The number of hydrogen-bond donors (Lipinski definition) is 3. The second-order valence-corrected chi connectivity index (χ2v) is 8.33. The molecule has 1 aromatic rings. The highest BCUT2D eigenvalue weighted by Crippen LogP contribution is 2.35. The van der Waals surface area contributed by atoms with Crippen molar-refractivity contribution in [1.82, 2.24) is 10.6 Å². The number of halogens is 4. The van der Waals surface area contributed by atoms with E-state index in [4.69, 9.17) is 10.5 Å². The van der Waals surface area contributed by atoms with Crippen LogP contribution in [0.4, 0.5) is 13.2 Å². The van der Waals surface area contributed by atoms with E-state index >= 15 is 0 Å². The summed E-state index contributed by atoms with van der Waals surface area (Å²) in [7, 11) is 0. The van der Waals surface area contributed by atoms with Crippen LogP contribution in [0.25, 0.3) is 0 Å². The van der Waals surface area contributed by atoms with Gasteiger partial charge in [-0.1, -0.05) is 6.07 Å². The highest BCUT2D eigenvalue weighted by molar-refractivity contribution is 14.0. The number of rotatable bonds is 7. The predicted octanol–water partition coefficient (Wildman–Crippen LogP) is 4.07. The summed E-state index contributed by atoms with van der Waals surface area (Å²) >= 11 is 0. The van der Waals surface area contributed by atoms with Crippen LogP contribution in [0.15, 0.2) is 23.2 Å². The van der Waals surface area contributed by atoms with Crippen molar-refractivity contribution in [2.75, 3.05) is 13.1 Å². The lowest BCUT2D eigenvalue weighted by atomic mass is 9.93. The molecule has 0 heterocycles. The van der Waals surface area contributed by atoms with Crippen LogP contribution >= 0.6 is 24.0 Å². The lowest BCUT2D eigenvalue weighted by molar-refractivity contribution is -0.138. The highest BCUT2D eigenvalue weighted by Gasteiger charge is 2.34. The fourth-order valence-corrected chi connectivity index (χ4v) is 2.27. The minimum Gasteiger partial charge on any atom is -0.488 e. The predicted molar refractivity (Wildman–Crippen MR) is 123 cm³/mol. The Labute approximate surface area is 193 Å². The monoisotopic (exact) mass is 544 g/mol. The van der Waals surface area contributed by atoms with E-state index in [0.29, 0.717) is 12.5 Å². The maximum absolute atomic E-state index is 13.5.